The molecule has 3 heterocycles. The van der Waals surface area contributed by atoms with Gasteiger partial charge in [-0.1, -0.05) is 12.1 Å². The van der Waals surface area contributed by atoms with Crippen LogP contribution in [0, 0.1) is 0 Å². The van der Waals surface area contributed by atoms with Crippen molar-refractivity contribution in [1.82, 2.24) is 15.1 Å². The highest BCUT2D eigenvalue weighted by Gasteiger charge is 2.28. The lowest BCUT2D eigenvalue weighted by Gasteiger charge is -2.26. The molecule has 7 nitrogen and oxygen atoms in total. The number of H-pyrrole nitrogens is 1. The van der Waals surface area contributed by atoms with Crippen molar-refractivity contribution in [2.45, 2.75) is 25.2 Å². The van der Waals surface area contributed by atoms with Crippen molar-refractivity contribution in [2.24, 2.45) is 0 Å². The number of aromatic amines is 1. The highest BCUT2D eigenvalue weighted by atomic mass is 16.5. The van der Waals surface area contributed by atoms with E-state index in [2.05, 4.69) is 20.4 Å². The van der Waals surface area contributed by atoms with Crippen LogP contribution < -0.4 is 10.1 Å². The maximum atomic E-state index is 12.0. The van der Waals surface area contributed by atoms with Crippen molar-refractivity contribution < 1.29 is 14.3 Å². The Morgan fingerprint density at radius 2 is 2.15 bits per heavy atom. The van der Waals surface area contributed by atoms with E-state index < -0.39 is 0 Å². The minimum Gasteiger partial charge on any atom is -0.494 e. The molecule has 2 aliphatic heterocycles. The summed E-state index contributed by atoms with van der Waals surface area (Å²) in [5.74, 6) is 1.57. The average molecular weight is 370 g/mol. The monoisotopic (exact) mass is 370 g/mol. The van der Waals surface area contributed by atoms with E-state index in [1.54, 1.807) is 6.20 Å². The van der Waals surface area contributed by atoms with Crippen LogP contribution in [0.1, 0.15) is 36.3 Å². The predicted molar refractivity (Wildman–Crippen MR) is 102 cm³/mol. The van der Waals surface area contributed by atoms with E-state index in [0.29, 0.717) is 18.8 Å². The Morgan fingerprint density at radius 3 is 3.04 bits per heavy atom. The standard InChI is InChI=1S/C20H26N4O3/c25-19-13-17(18-14-21-23-20(18)22-19)15-4-3-5-16(12-15)27-9-2-1-6-24-7-10-26-11-8-24/h3-5,12,14,17H,1-2,6-11,13H2,(H2,21,22,23,25). The molecule has 1 amide bonds. The van der Waals surface area contributed by atoms with Gasteiger partial charge in [0.1, 0.15) is 11.6 Å². The average Bonchev–Trinajstić information content (AvgIpc) is 3.16. The molecule has 0 saturated carbocycles. The highest BCUT2D eigenvalue weighted by molar-refractivity contribution is 5.94. The molecule has 1 aromatic heterocycles. The number of nitrogens with zero attached hydrogens (tertiary/aromatic N) is 2. The molecule has 0 spiro atoms. The lowest BCUT2D eigenvalue weighted by molar-refractivity contribution is -0.116. The molecule has 27 heavy (non-hydrogen) atoms. The molecule has 4 rings (SSSR count). The molecule has 1 unspecified atom stereocenters. The number of anilines is 1. The molecule has 7 heteroatoms. The number of morpholine rings is 1. The first-order valence-corrected chi connectivity index (χ1v) is 9.65. The molecule has 0 bridgehead atoms. The van der Waals surface area contributed by atoms with Gasteiger partial charge < -0.3 is 14.8 Å². The zero-order valence-corrected chi connectivity index (χ0v) is 15.4. The summed E-state index contributed by atoms with van der Waals surface area (Å²) in [5, 5.41) is 9.74. The maximum absolute atomic E-state index is 12.0. The summed E-state index contributed by atoms with van der Waals surface area (Å²) < 4.78 is 11.3. The highest BCUT2D eigenvalue weighted by Crippen LogP contribution is 2.36. The number of hydrogen-bond acceptors (Lipinski definition) is 5. The van der Waals surface area contributed by atoms with Gasteiger partial charge in [-0.25, -0.2) is 0 Å². The van der Waals surface area contributed by atoms with Crippen LogP contribution in [0.15, 0.2) is 30.5 Å². The lowest BCUT2D eigenvalue weighted by atomic mass is 9.87. The Labute approximate surface area is 159 Å². The molecular weight excluding hydrogens is 344 g/mol. The molecule has 1 saturated heterocycles. The third-order valence-electron chi connectivity index (χ3n) is 5.20. The Morgan fingerprint density at radius 1 is 1.26 bits per heavy atom. The van der Waals surface area contributed by atoms with E-state index in [1.165, 1.54) is 0 Å². The number of carbonyl (C=O) groups is 1. The van der Waals surface area contributed by atoms with Crippen LogP contribution in [0.25, 0.3) is 0 Å². The summed E-state index contributed by atoms with van der Waals surface area (Å²) in [5.41, 5.74) is 2.11. The molecule has 144 valence electrons. The Bertz CT molecular complexity index is 770. The zero-order valence-electron chi connectivity index (χ0n) is 15.4. The first-order chi connectivity index (χ1) is 13.3. The maximum Gasteiger partial charge on any atom is 0.226 e. The molecule has 0 radical (unpaired) electrons. The van der Waals surface area contributed by atoms with E-state index in [1.807, 2.05) is 24.3 Å². The number of aromatic nitrogens is 2. The molecule has 2 aliphatic rings. The third-order valence-corrected chi connectivity index (χ3v) is 5.20. The third kappa shape index (κ3) is 4.48. The fourth-order valence-corrected chi connectivity index (χ4v) is 3.72. The van der Waals surface area contributed by atoms with Crippen molar-refractivity contribution in [3.05, 3.63) is 41.6 Å². The topological polar surface area (TPSA) is 79.5 Å². The Hall–Kier alpha value is -2.38. The normalized spacial score (nSPS) is 20.1. The van der Waals surface area contributed by atoms with E-state index in [9.17, 15) is 4.79 Å². The van der Waals surface area contributed by atoms with Crippen LogP contribution in [0.4, 0.5) is 5.82 Å². The van der Waals surface area contributed by atoms with Crippen LogP contribution in [0.5, 0.6) is 5.75 Å². The largest absolute Gasteiger partial charge is 0.494 e. The summed E-state index contributed by atoms with van der Waals surface area (Å²) in [6.07, 6.45) is 4.37. The smallest absolute Gasteiger partial charge is 0.226 e. The minimum atomic E-state index is 0.00573. The number of ether oxygens (including phenoxy) is 2. The van der Waals surface area contributed by atoms with Crippen molar-refractivity contribution >= 4 is 11.7 Å². The fraction of sp³-hybridized carbons (Fsp3) is 0.500. The SMILES string of the molecule is O=C1CC(c2cccc(OCCCCN3CCOCC3)c2)c2cn[nH]c2N1. The van der Waals surface area contributed by atoms with Gasteiger partial charge in [-0.15, -0.1) is 0 Å². The zero-order chi connectivity index (χ0) is 18.5. The van der Waals surface area contributed by atoms with E-state index in [0.717, 1.165) is 62.6 Å². The predicted octanol–water partition coefficient (Wildman–Crippen LogP) is 2.37. The van der Waals surface area contributed by atoms with Crippen LogP contribution in [0.3, 0.4) is 0 Å². The van der Waals surface area contributed by atoms with Gasteiger partial charge in [-0.2, -0.15) is 5.10 Å². The number of fused-ring (bicyclic) bond motifs is 1. The van der Waals surface area contributed by atoms with Crippen molar-refractivity contribution in [1.29, 1.82) is 0 Å². The van der Waals surface area contributed by atoms with Crippen LogP contribution in [-0.4, -0.2) is 60.5 Å². The quantitative estimate of drug-likeness (QED) is 0.732. The van der Waals surface area contributed by atoms with E-state index >= 15 is 0 Å². The van der Waals surface area contributed by atoms with Gasteiger partial charge in [0.2, 0.25) is 5.91 Å². The van der Waals surface area contributed by atoms with Gasteiger partial charge in [-0.3, -0.25) is 14.8 Å². The Kier molecular flexibility index (Phi) is 5.69. The van der Waals surface area contributed by atoms with Gasteiger partial charge >= 0.3 is 0 Å². The number of rotatable bonds is 7. The summed E-state index contributed by atoms with van der Waals surface area (Å²) in [4.78, 5) is 14.4. The Balaban J connectivity index is 1.30. The summed E-state index contributed by atoms with van der Waals surface area (Å²) >= 11 is 0. The van der Waals surface area contributed by atoms with Gasteiger partial charge in [0, 0.05) is 31.0 Å². The van der Waals surface area contributed by atoms with E-state index in [4.69, 9.17) is 9.47 Å². The number of benzene rings is 1. The van der Waals surface area contributed by atoms with Crippen molar-refractivity contribution in [3.8, 4) is 5.75 Å². The van der Waals surface area contributed by atoms with Crippen molar-refractivity contribution in [2.75, 3.05) is 44.8 Å². The second-order valence-corrected chi connectivity index (χ2v) is 7.09. The molecule has 2 N–H and O–H groups in total. The van der Waals surface area contributed by atoms with Gasteiger partial charge in [-0.05, 0) is 37.1 Å². The molecular formula is C20H26N4O3. The number of carbonyl (C=O) groups excluding carboxylic acids is 1. The van der Waals surface area contributed by atoms with Gasteiger partial charge in [0.05, 0.1) is 26.0 Å². The molecule has 2 aromatic rings. The summed E-state index contributed by atoms with van der Waals surface area (Å²) in [6, 6.07) is 8.06. The van der Waals surface area contributed by atoms with Crippen LogP contribution in [0.2, 0.25) is 0 Å². The van der Waals surface area contributed by atoms with Crippen molar-refractivity contribution in [3.63, 3.8) is 0 Å². The molecule has 1 atom stereocenters. The number of unbranched alkanes of at least 4 members (excludes halogenated alkanes) is 1. The van der Waals surface area contributed by atoms with Gasteiger partial charge in [0.25, 0.3) is 0 Å². The number of hydrogen-bond donors (Lipinski definition) is 2. The molecule has 0 aliphatic carbocycles. The van der Waals surface area contributed by atoms with E-state index in [-0.39, 0.29) is 11.8 Å². The number of amides is 1. The first kappa shape index (κ1) is 18.0. The second kappa shape index (κ2) is 8.54. The molecule has 1 aromatic carbocycles. The fourth-order valence-electron chi connectivity index (χ4n) is 3.72. The van der Waals surface area contributed by atoms with Crippen LogP contribution in [-0.2, 0) is 9.53 Å². The van der Waals surface area contributed by atoms with Gasteiger partial charge in [0.15, 0.2) is 0 Å². The first-order valence-electron chi connectivity index (χ1n) is 9.65. The summed E-state index contributed by atoms with van der Waals surface area (Å²) in [7, 11) is 0. The summed E-state index contributed by atoms with van der Waals surface area (Å²) in [6.45, 7) is 5.58. The number of nitrogens with one attached hydrogen (secondary N) is 2. The molecule has 1 fully saturated rings. The van der Waals surface area contributed by atoms with Crippen LogP contribution >= 0.6 is 0 Å². The second-order valence-electron chi connectivity index (χ2n) is 7.09. The lowest BCUT2D eigenvalue weighted by Crippen LogP contribution is -2.36. The minimum absolute atomic E-state index is 0.00573.